The van der Waals surface area contributed by atoms with Crippen molar-refractivity contribution in [2.45, 2.75) is 20.8 Å². The predicted molar refractivity (Wildman–Crippen MR) is 75.0 cm³/mol. The molecule has 0 amide bonds. The van der Waals surface area contributed by atoms with Gasteiger partial charge in [-0.1, -0.05) is 48.5 Å². The van der Waals surface area contributed by atoms with E-state index in [0.29, 0.717) is 0 Å². The monoisotopic (exact) mass is 407 g/mol. The van der Waals surface area contributed by atoms with E-state index in [4.69, 9.17) is 0 Å². The van der Waals surface area contributed by atoms with E-state index in [1.54, 1.807) is 0 Å². The van der Waals surface area contributed by atoms with Gasteiger partial charge in [0.15, 0.2) is 0 Å². The van der Waals surface area contributed by atoms with Crippen molar-refractivity contribution in [2.24, 2.45) is 0 Å². The molecule has 2 aromatic carbocycles. The van der Waals surface area contributed by atoms with E-state index in [1.165, 1.54) is 16.7 Å². The van der Waals surface area contributed by atoms with Crippen LogP contribution < -0.4 is 4.98 Å². The molecule has 0 saturated heterocycles. The maximum Gasteiger partial charge on any atom is 2.00 e. The average Bonchev–Trinajstić information content (AvgIpc) is 2.66. The van der Waals surface area contributed by atoms with Gasteiger partial charge < -0.3 is 10.9 Å². The van der Waals surface area contributed by atoms with Crippen LogP contribution in [0.3, 0.4) is 0 Å². The van der Waals surface area contributed by atoms with E-state index in [1.807, 2.05) is 12.1 Å². The molecule has 0 aliphatic carbocycles. The van der Waals surface area contributed by atoms with Crippen LogP contribution >= 0.6 is 0 Å². The summed E-state index contributed by atoms with van der Waals surface area (Å²) in [5.41, 5.74) is 2.17. The van der Waals surface area contributed by atoms with Crippen molar-refractivity contribution < 1.29 is 21.1 Å². The summed E-state index contributed by atoms with van der Waals surface area (Å²) in [5, 5.41) is 2.50. The van der Waals surface area contributed by atoms with Crippen molar-refractivity contribution in [3.05, 3.63) is 54.4 Å². The van der Waals surface area contributed by atoms with Gasteiger partial charge in [-0.3, -0.25) is 0 Å². The molecule has 1 aromatic heterocycles. The van der Waals surface area contributed by atoms with Crippen LogP contribution in [0.2, 0.25) is 0 Å². The Hall–Kier alpha value is -1.07. The van der Waals surface area contributed by atoms with Crippen molar-refractivity contribution >= 4 is 21.8 Å². The molecule has 0 radical (unpaired) electrons. The first kappa shape index (κ1) is 15.0. The molecule has 0 aliphatic rings. The van der Waals surface area contributed by atoms with Gasteiger partial charge in [0.2, 0.25) is 0 Å². The minimum absolute atomic E-state index is 0. The quantitative estimate of drug-likeness (QED) is 0.499. The number of para-hydroxylation sites is 2. The average molecular weight is 407 g/mol. The summed E-state index contributed by atoms with van der Waals surface area (Å²) in [6.45, 7) is 6.25. The molecular formula is C16H17NW. The molecule has 0 aliphatic heterocycles. The van der Waals surface area contributed by atoms with Crippen LogP contribution in [0.4, 0.5) is 0 Å². The Morgan fingerprint density at radius 3 is 1.44 bits per heavy atom. The molecule has 3 rings (SSSR count). The van der Waals surface area contributed by atoms with Gasteiger partial charge in [-0.2, -0.15) is 20.8 Å². The summed E-state index contributed by atoms with van der Waals surface area (Å²) >= 11 is 0. The predicted octanol–water partition coefficient (Wildman–Crippen LogP) is 4.57. The fourth-order valence-electron chi connectivity index (χ4n) is 1.73. The molecule has 0 N–H and O–H groups in total. The summed E-state index contributed by atoms with van der Waals surface area (Å²) in [6, 6.07) is 16.5. The fourth-order valence-corrected chi connectivity index (χ4v) is 1.73. The molecule has 1 nitrogen and oxygen atoms in total. The third kappa shape index (κ3) is 3.46. The van der Waals surface area contributed by atoms with Gasteiger partial charge >= 0.3 is 21.1 Å². The maximum atomic E-state index is 4.52. The number of nitrogens with zero attached hydrogens (tertiary/aromatic N) is 1. The van der Waals surface area contributed by atoms with Gasteiger partial charge in [-0.15, -0.1) is 11.0 Å². The van der Waals surface area contributed by atoms with Crippen molar-refractivity contribution in [2.75, 3.05) is 0 Å². The van der Waals surface area contributed by atoms with Crippen molar-refractivity contribution in [3.8, 4) is 0 Å². The molecule has 3 aromatic rings. The van der Waals surface area contributed by atoms with Crippen LogP contribution in [-0.4, -0.2) is 0 Å². The molecule has 1 heterocycles. The minimum atomic E-state index is 0. The van der Waals surface area contributed by atoms with Crippen LogP contribution in [-0.2, 0) is 21.1 Å². The topological polar surface area (TPSA) is 14.1 Å². The molecule has 0 bridgehead atoms. The fraction of sp³-hybridized carbons (Fsp3) is 0.188. The first-order valence-corrected chi connectivity index (χ1v) is 5.85. The van der Waals surface area contributed by atoms with Crippen molar-refractivity contribution in [1.82, 2.24) is 4.98 Å². The van der Waals surface area contributed by atoms with Crippen LogP contribution in [0.1, 0.15) is 20.8 Å². The van der Waals surface area contributed by atoms with E-state index in [0.717, 1.165) is 11.0 Å². The number of aromatic nitrogens is 1. The van der Waals surface area contributed by atoms with Crippen LogP contribution in [0.15, 0.2) is 48.5 Å². The zero-order chi connectivity index (χ0) is 12.3. The Morgan fingerprint density at radius 2 is 1.06 bits per heavy atom. The molecule has 0 atom stereocenters. The number of benzene rings is 2. The molecule has 0 saturated carbocycles. The van der Waals surface area contributed by atoms with Crippen LogP contribution in [0, 0.1) is 5.92 Å². The molecule has 0 spiro atoms. The number of rotatable bonds is 0. The number of hydrogen-bond acceptors (Lipinski definition) is 0. The SMILES string of the molecule is C[C-](C)C.[W+2].c1ccc2c(c1)[n-]c1ccccc12. The Morgan fingerprint density at radius 1 is 0.722 bits per heavy atom. The summed E-state index contributed by atoms with van der Waals surface area (Å²) in [4.78, 5) is 4.52. The third-order valence-electron chi connectivity index (χ3n) is 2.34. The van der Waals surface area contributed by atoms with E-state index >= 15 is 0 Å². The van der Waals surface area contributed by atoms with E-state index in [9.17, 15) is 0 Å². The Balaban J connectivity index is 0.000000289. The van der Waals surface area contributed by atoms with Gasteiger partial charge in [-0.25, -0.2) is 0 Å². The van der Waals surface area contributed by atoms with Crippen molar-refractivity contribution in [3.63, 3.8) is 0 Å². The summed E-state index contributed by atoms with van der Waals surface area (Å²) in [6.07, 6.45) is 0. The van der Waals surface area contributed by atoms with Gasteiger partial charge in [-0.05, 0) is 10.8 Å². The number of fused-ring (bicyclic) bond motifs is 3. The number of hydrogen-bond donors (Lipinski definition) is 0. The maximum absolute atomic E-state index is 4.52. The Labute approximate surface area is 123 Å². The summed E-state index contributed by atoms with van der Waals surface area (Å²) < 4.78 is 0. The second-order valence-electron chi connectivity index (χ2n) is 4.65. The standard InChI is InChI=1S/C12H8N.C4H9.W/c1-3-7-11-9(5-1)10-6-2-4-8-12(10)13-11;1-4(2)3;/h1-8H;1-3H3;/q2*-1;+2. The van der Waals surface area contributed by atoms with Crippen LogP contribution in [0.25, 0.3) is 21.8 Å². The van der Waals surface area contributed by atoms with E-state index in [2.05, 4.69) is 62.2 Å². The summed E-state index contributed by atoms with van der Waals surface area (Å²) in [7, 11) is 0. The van der Waals surface area contributed by atoms with Crippen molar-refractivity contribution in [1.29, 1.82) is 0 Å². The third-order valence-corrected chi connectivity index (χ3v) is 2.34. The van der Waals surface area contributed by atoms with Gasteiger partial charge in [0.1, 0.15) is 0 Å². The largest absolute Gasteiger partial charge is 2.00 e. The Bertz CT molecular complexity index is 557. The molecule has 2 heteroatoms. The molecule has 18 heavy (non-hydrogen) atoms. The smallest absolute Gasteiger partial charge is 0.657 e. The van der Waals surface area contributed by atoms with E-state index < -0.39 is 0 Å². The van der Waals surface area contributed by atoms with Gasteiger partial charge in [0.25, 0.3) is 0 Å². The molecular weight excluding hydrogens is 390 g/mol. The summed E-state index contributed by atoms with van der Waals surface area (Å²) in [5.74, 6) is 1.42. The first-order valence-electron chi connectivity index (χ1n) is 5.85. The van der Waals surface area contributed by atoms with E-state index in [-0.39, 0.29) is 21.1 Å². The zero-order valence-electron chi connectivity index (χ0n) is 11.0. The second kappa shape index (κ2) is 6.75. The minimum Gasteiger partial charge on any atom is -0.657 e. The first-order chi connectivity index (χ1) is 8.18. The molecule has 92 valence electrons. The molecule has 0 unspecified atom stereocenters. The Kier molecular flexibility index (Phi) is 5.62. The second-order valence-corrected chi connectivity index (χ2v) is 4.65. The normalized spacial score (nSPS) is 10.0. The van der Waals surface area contributed by atoms with Gasteiger partial charge in [0.05, 0.1) is 0 Å². The molecule has 0 fully saturated rings. The van der Waals surface area contributed by atoms with Gasteiger partial charge in [0, 0.05) is 0 Å². The zero-order valence-corrected chi connectivity index (χ0v) is 13.9. The van der Waals surface area contributed by atoms with Crippen LogP contribution in [0.5, 0.6) is 0 Å².